The summed E-state index contributed by atoms with van der Waals surface area (Å²) in [6, 6.07) is 1.71. The maximum absolute atomic E-state index is 12.4. The molecule has 0 aliphatic carbocycles. The zero-order chi connectivity index (χ0) is 19.6. The van der Waals surface area contributed by atoms with Gasteiger partial charge in [0.05, 0.1) is 24.6 Å². The number of aryl methyl sites for hydroxylation is 1. The Bertz CT molecular complexity index is 959. The Morgan fingerprint density at radius 2 is 2.15 bits per heavy atom. The summed E-state index contributed by atoms with van der Waals surface area (Å²) in [4.78, 5) is 42.3. The number of hydrogen-bond acceptors (Lipinski definition) is 5. The molecule has 140 valence electrons. The van der Waals surface area contributed by atoms with Crippen molar-refractivity contribution >= 4 is 40.9 Å². The zero-order valence-electron chi connectivity index (χ0n) is 15.3. The smallest absolute Gasteiger partial charge is 0.305 e. The molecule has 0 saturated heterocycles. The van der Waals surface area contributed by atoms with Gasteiger partial charge in [-0.3, -0.25) is 14.4 Å². The second kappa shape index (κ2) is 7.45. The summed E-state index contributed by atoms with van der Waals surface area (Å²) in [5.74, 6) is -0.288. The number of carbonyl (C=O) groups excluding carboxylic acids is 3. The molecule has 0 fully saturated rings. The number of nitrogens with one attached hydrogen (secondary N) is 3. The van der Waals surface area contributed by atoms with Gasteiger partial charge in [-0.05, 0) is 36.6 Å². The normalized spacial score (nSPS) is 14.0. The lowest BCUT2D eigenvalue weighted by Gasteiger charge is -2.04. The van der Waals surface area contributed by atoms with Crippen LogP contribution in [0.4, 0.5) is 11.5 Å². The quantitative estimate of drug-likeness (QED) is 0.553. The van der Waals surface area contributed by atoms with E-state index < -0.39 is 0 Å². The molecule has 0 spiro atoms. The lowest BCUT2D eigenvalue weighted by molar-refractivity contribution is -0.140. The van der Waals surface area contributed by atoms with E-state index in [0.717, 1.165) is 16.8 Å². The number of carbonyl (C=O) groups is 3. The minimum atomic E-state index is -0.267. The summed E-state index contributed by atoms with van der Waals surface area (Å²) in [5.41, 5.74) is 4.31. The fourth-order valence-electron chi connectivity index (χ4n) is 2.93. The third-order valence-corrected chi connectivity index (χ3v) is 4.38. The molecule has 0 atom stereocenters. The van der Waals surface area contributed by atoms with Crippen molar-refractivity contribution in [1.29, 1.82) is 0 Å². The average molecular weight is 368 g/mol. The van der Waals surface area contributed by atoms with Crippen LogP contribution in [0.5, 0.6) is 0 Å². The van der Waals surface area contributed by atoms with E-state index in [4.69, 9.17) is 0 Å². The van der Waals surface area contributed by atoms with Crippen LogP contribution in [0.1, 0.15) is 35.7 Å². The van der Waals surface area contributed by atoms with Gasteiger partial charge in [0.1, 0.15) is 5.82 Å². The number of methoxy groups -OCH3 is 1. The lowest BCUT2D eigenvalue weighted by atomic mass is 10.0. The summed E-state index contributed by atoms with van der Waals surface area (Å²) in [6.07, 6.45) is 5.91. The number of fused-ring (bicyclic) bond motifs is 1. The molecule has 8 heteroatoms. The molecule has 0 unspecified atom stereocenters. The molecule has 8 nitrogen and oxygen atoms in total. The Balaban J connectivity index is 1.90. The van der Waals surface area contributed by atoms with Crippen molar-refractivity contribution in [2.24, 2.45) is 0 Å². The van der Waals surface area contributed by atoms with Crippen molar-refractivity contribution in [2.45, 2.75) is 26.7 Å². The predicted molar refractivity (Wildman–Crippen MR) is 101 cm³/mol. The van der Waals surface area contributed by atoms with E-state index in [1.54, 1.807) is 12.1 Å². The summed E-state index contributed by atoms with van der Waals surface area (Å²) in [7, 11) is 1.36. The van der Waals surface area contributed by atoms with Gasteiger partial charge in [0.25, 0.3) is 5.91 Å². The van der Waals surface area contributed by atoms with Crippen molar-refractivity contribution in [1.82, 2.24) is 9.97 Å². The highest BCUT2D eigenvalue weighted by Crippen LogP contribution is 2.33. The van der Waals surface area contributed by atoms with Crippen LogP contribution >= 0.6 is 0 Å². The Kier molecular flexibility index (Phi) is 5.07. The highest BCUT2D eigenvalue weighted by molar-refractivity contribution is 6.34. The van der Waals surface area contributed by atoms with Crippen LogP contribution in [-0.2, 0) is 25.5 Å². The van der Waals surface area contributed by atoms with Gasteiger partial charge in [0, 0.05) is 30.8 Å². The van der Waals surface area contributed by atoms with Crippen molar-refractivity contribution in [3.63, 3.8) is 0 Å². The second-order valence-electron chi connectivity index (χ2n) is 6.24. The van der Waals surface area contributed by atoms with Gasteiger partial charge in [0.15, 0.2) is 0 Å². The Morgan fingerprint density at radius 3 is 2.85 bits per heavy atom. The summed E-state index contributed by atoms with van der Waals surface area (Å²) in [6.45, 7) is 3.33. The molecule has 2 aromatic rings. The molecule has 2 aromatic heterocycles. The number of anilines is 2. The fraction of sp³-hybridized carbons (Fsp3) is 0.263. The van der Waals surface area contributed by atoms with Gasteiger partial charge in [0.2, 0.25) is 5.91 Å². The lowest BCUT2D eigenvalue weighted by Crippen LogP contribution is -2.06. The first-order chi connectivity index (χ1) is 12.9. The third kappa shape index (κ3) is 3.89. The van der Waals surface area contributed by atoms with E-state index in [9.17, 15) is 14.4 Å². The van der Waals surface area contributed by atoms with E-state index in [1.165, 1.54) is 20.2 Å². The van der Waals surface area contributed by atoms with Crippen LogP contribution in [0.25, 0.3) is 11.6 Å². The first-order valence-electron chi connectivity index (χ1n) is 8.43. The van der Waals surface area contributed by atoms with Crippen LogP contribution in [-0.4, -0.2) is 34.9 Å². The van der Waals surface area contributed by atoms with Crippen molar-refractivity contribution < 1.29 is 19.1 Å². The molecule has 1 aliphatic heterocycles. The van der Waals surface area contributed by atoms with Gasteiger partial charge in [-0.1, -0.05) is 0 Å². The molecular weight excluding hydrogens is 348 g/mol. The standard InChI is InChI=1S/C19H20N4O4/c1-10-12(4-5-17(25)27-3)8-20-16(10)7-15-14-6-13(22-11(2)24)9-21-18(14)23-19(15)26/h6-9,20H,4-5H2,1-3H3,(H,22,24)(H,21,23,26). The van der Waals surface area contributed by atoms with Crippen LogP contribution < -0.4 is 10.6 Å². The van der Waals surface area contributed by atoms with Gasteiger partial charge >= 0.3 is 5.97 Å². The molecule has 0 aromatic carbocycles. The van der Waals surface area contributed by atoms with Crippen LogP contribution in [0, 0.1) is 6.92 Å². The van der Waals surface area contributed by atoms with Gasteiger partial charge < -0.3 is 20.4 Å². The van der Waals surface area contributed by atoms with Crippen molar-refractivity contribution in [3.8, 4) is 0 Å². The van der Waals surface area contributed by atoms with Crippen LogP contribution in [0.15, 0.2) is 18.5 Å². The summed E-state index contributed by atoms with van der Waals surface area (Å²) < 4.78 is 4.67. The van der Waals surface area contributed by atoms with E-state index in [0.29, 0.717) is 35.5 Å². The molecule has 0 radical (unpaired) electrons. The van der Waals surface area contributed by atoms with E-state index in [-0.39, 0.29) is 17.8 Å². The Labute approximate surface area is 156 Å². The highest BCUT2D eigenvalue weighted by atomic mass is 16.5. The first-order valence-corrected chi connectivity index (χ1v) is 8.43. The average Bonchev–Trinajstić information content (AvgIpc) is 3.13. The van der Waals surface area contributed by atoms with Gasteiger partial charge in [-0.2, -0.15) is 0 Å². The van der Waals surface area contributed by atoms with Crippen molar-refractivity contribution in [2.75, 3.05) is 17.7 Å². The van der Waals surface area contributed by atoms with Gasteiger partial charge in [-0.15, -0.1) is 0 Å². The largest absolute Gasteiger partial charge is 0.469 e. The molecule has 3 rings (SSSR count). The Morgan fingerprint density at radius 1 is 1.37 bits per heavy atom. The number of esters is 1. The minimum absolute atomic E-state index is 0.213. The molecule has 3 heterocycles. The van der Waals surface area contributed by atoms with Crippen LogP contribution in [0.2, 0.25) is 0 Å². The molecule has 27 heavy (non-hydrogen) atoms. The third-order valence-electron chi connectivity index (χ3n) is 4.38. The zero-order valence-corrected chi connectivity index (χ0v) is 15.3. The number of pyridine rings is 1. The van der Waals surface area contributed by atoms with Crippen molar-refractivity contribution in [3.05, 3.63) is 40.8 Å². The number of aromatic amines is 1. The van der Waals surface area contributed by atoms with E-state index in [1.807, 2.05) is 13.1 Å². The van der Waals surface area contributed by atoms with E-state index in [2.05, 4.69) is 25.3 Å². The summed E-state index contributed by atoms with van der Waals surface area (Å²) >= 11 is 0. The number of amides is 2. The number of nitrogens with zero attached hydrogens (tertiary/aromatic N) is 1. The number of aromatic nitrogens is 2. The molecule has 2 amide bonds. The maximum atomic E-state index is 12.4. The highest BCUT2D eigenvalue weighted by Gasteiger charge is 2.26. The SMILES string of the molecule is COC(=O)CCc1c[nH]c(C=C2C(=O)Nc3ncc(NC(C)=O)cc32)c1C. The molecule has 0 bridgehead atoms. The molecule has 3 N–H and O–H groups in total. The minimum Gasteiger partial charge on any atom is -0.469 e. The number of H-pyrrole nitrogens is 1. The van der Waals surface area contributed by atoms with Gasteiger partial charge in [-0.25, -0.2) is 4.98 Å². The number of rotatable bonds is 5. The number of hydrogen-bond donors (Lipinski definition) is 3. The maximum Gasteiger partial charge on any atom is 0.305 e. The monoisotopic (exact) mass is 368 g/mol. The summed E-state index contributed by atoms with van der Waals surface area (Å²) in [5, 5.41) is 5.38. The Hall–Kier alpha value is -3.42. The van der Waals surface area contributed by atoms with Crippen LogP contribution in [0.3, 0.4) is 0 Å². The second-order valence-corrected chi connectivity index (χ2v) is 6.24. The first kappa shape index (κ1) is 18.4. The molecular formula is C19H20N4O4. The topological polar surface area (TPSA) is 113 Å². The molecule has 1 aliphatic rings. The molecule has 0 saturated carbocycles. The predicted octanol–water partition coefficient (Wildman–Crippen LogP) is 2.27. The van der Waals surface area contributed by atoms with E-state index >= 15 is 0 Å². The fourth-order valence-corrected chi connectivity index (χ4v) is 2.93. The number of ether oxygens (including phenoxy) is 1.